The number of anilines is 1. The molecule has 0 aliphatic carbocycles. The molecule has 1 saturated heterocycles. The number of aryl methyl sites for hydroxylation is 1. The summed E-state index contributed by atoms with van der Waals surface area (Å²) in [6.45, 7) is 5.97. The van der Waals surface area contributed by atoms with Crippen molar-refractivity contribution in [3.05, 3.63) is 83.9 Å². The molecule has 6 rings (SSSR count). The number of methoxy groups -OCH3 is 1. The van der Waals surface area contributed by atoms with Gasteiger partial charge in [0.05, 0.1) is 12.6 Å². The monoisotopic (exact) mass is 492 g/mol. The van der Waals surface area contributed by atoms with Crippen LogP contribution >= 0.6 is 0 Å². The average molecular weight is 493 g/mol. The number of benzene rings is 3. The van der Waals surface area contributed by atoms with Gasteiger partial charge in [0.15, 0.2) is 11.5 Å². The highest BCUT2D eigenvalue weighted by Gasteiger charge is 2.31. The summed E-state index contributed by atoms with van der Waals surface area (Å²) in [4.78, 5) is 22.7. The number of aromatic nitrogens is 4. The van der Waals surface area contributed by atoms with E-state index in [0.717, 1.165) is 44.9 Å². The lowest BCUT2D eigenvalue weighted by Gasteiger charge is -2.40. The van der Waals surface area contributed by atoms with Crippen LogP contribution in [0.25, 0.3) is 27.9 Å². The van der Waals surface area contributed by atoms with Gasteiger partial charge in [-0.2, -0.15) is 0 Å². The first-order chi connectivity index (χ1) is 18.0. The van der Waals surface area contributed by atoms with Gasteiger partial charge in [0.1, 0.15) is 5.75 Å². The predicted octanol–water partition coefficient (Wildman–Crippen LogP) is 4.61. The normalized spacial score (nSPS) is 15.9. The highest BCUT2D eigenvalue weighted by atomic mass is 16.5. The molecule has 1 unspecified atom stereocenters. The molecule has 37 heavy (non-hydrogen) atoms. The van der Waals surface area contributed by atoms with Gasteiger partial charge in [0, 0.05) is 42.2 Å². The van der Waals surface area contributed by atoms with Gasteiger partial charge in [0.25, 0.3) is 5.91 Å². The molecule has 0 radical (unpaired) electrons. The Labute approximate surface area is 215 Å². The number of ether oxygens (including phenoxy) is 1. The molecule has 5 aromatic rings. The van der Waals surface area contributed by atoms with E-state index < -0.39 is 0 Å². The molecular formula is C29H28N6O2. The molecule has 0 N–H and O–H groups in total. The third-order valence-corrected chi connectivity index (χ3v) is 7.10. The van der Waals surface area contributed by atoms with Crippen molar-refractivity contribution in [3.8, 4) is 17.1 Å². The molecule has 3 heterocycles. The molecule has 2 aromatic heterocycles. The summed E-state index contributed by atoms with van der Waals surface area (Å²) in [5.41, 5.74) is 4.26. The van der Waals surface area contributed by atoms with Gasteiger partial charge in [-0.15, -0.1) is 10.2 Å². The van der Waals surface area contributed by atoms with E-state index >= 15 is 0 Å². The number of fused-ring (bicyclic) bond motifs is 3. The van der Waals surface area contributed by atoms with Gasteiger partial charge >= 0.3 is 0 Å². The first kappa shape index (κ1) is 23.0. The molecule has 8 heteroatoms. The minimum Gasteiger partial charge on any atom is -0.497 e. The van der Waals surface area contributed by atoms with E-state index in [1.807, 2.05) is 89.0 Å². The summed E-state index contributed by atoms with van der Waals surface area (Å²) in [7, 11) is 1.65. The Balaban J connectivity index is 1.42. The Morgan fingerprint density at radius 2 is 1.78 bits per heavy atom. The van der Waals surface area contributed by atoms with Crippen molar-refractivity contribution < 1.29 is 9.53 Å². The Morgan fingerprint density at radius 1 is 0.973 bits per heavy atom. The molecule has 186 valence electrons. The Bertz CT molecular complexity index is 1630. The molecule has 0 bridgehead atoms. The summed E-state index contributed by atoms with van der Waals surface area (Å²) in [5.74, 6) is 2.30. The molecule has 0 saturated carbocycles. The fourth-order valence-electron chi connectivity index (χ4n) is 5.14. The van der Waals surface area contributed by atoms with Gasteiger partial charge in [0.2, 0.25) is 5.95 Å². The number of nitrogens with zero attached hydrogens (tertiary/aromatic N) is 6. The summed E-state index contributed by atoms with van der Waals surface area (Å²) >= 11 is 0. The third kappa shape index (κ3) is 3.94. The summed E-state index contributed by atoms with van der Waals surface area (Å²) < 4.78 is 7.48. The average Bonchev–Trinajstić information content (AvgIpc) is 3.38. The Hall–Kier alpha value is -4.46. The van der Waals surface area contributed by atoms with Crippen LogP contribution in [0.5, 0.6) is 5.75 Å². The molecule has 1 amide bonds. The van der Waals surface area contributed by atoms with Crippen molar-refractivity contribution in [1.82, 2.24) is 24.5 Å². The van der Waals surface area contributed by atoms with Crippen molar-refractivity contribution in [2.24, 2.45) is 0 Å². The third-order valence-electron chi connectivity index (χ3n) is 7.10. The maximum Gasteiger partial charge on any atom is 0.254 e. The van der Waals surface area contributed by atoms with Crippen LogP contribution < -0.4 is 9.64 Å². The molecule has 3 aromatic carbocycles. The fourth-order valence-corrected chi connectivity index (χ4v) is 5.14. The van der Waals surface area contributed by atoms with Crippen molar-refractivity contribution in [2.75, 3.05) is 31.6 Å². The van der Waals surface area contributed by atoms with Crippen LogP contribution in [0.4, 0.5) is 5.95 Å². The largest absolute Gasteiger partial charge is 0.497 e. The predicted molar refractivity (Wildman–Crippen MR) is 144 cm³/mol. The zero-order valence-electron chi connectivity index (χ0n) is 21.1. The van der Waals surface area contributed by atoms with Crippen LogP contribution in [0.1, 0.15) is 22.8 Å². The number of carbonyl (C=O) groups is 1. The van der Waals surface area contributed by atoms with Crippen LogP contribution in [0.15, 0.2) is 72.8 Å². The number of hydrogen-bond acceptors (Lipinski definition) is 6. The van der Waals surface area contributed by atoms with Crippen LogP contribution in [0, 0.1) is 6.92 Å². The van der Waals surface area contributed by atoms with Crippen LogP contribution in [0.2, 0.25) is 0 Å². The minimum absolute atomic E-state index is 0.000858. The second-order valence-corrected chi connectivity index (χ2v) is 9.45. The quantitative estimate of drug-likeness (QED) is 0.365. The highest BCUT2D eigenvalue weighted by Crippen LogP contribution is 2.31. The zero-order chi connectivity index (χ0) is 25.5. The molecular weight excluding hydrogens is 464 g/mol. The van der Waals surface area contributed by atoms with E-state index in [-0.39, 0.29) is 11.9 Å². The maximum atomic E-state index is 13.4. The number of amides is 1. The number of hydrogen-bond donors (Lipinski definition) is 0. The van der Waals surface area contributed by atoms with E-state index in [4.69, 9.17) is 9.72 Å². The van der Waals surface area contributed by atoms with Gasteiger partial charge < -0.3 is 14.5 Å². The number of para-hydroxylation sites is 1. The second kappa shape index (κ2) is 9.20. The molecule has 1 fully saturated rings. The molecule has 1 aliphatic rings. The van der Waals surface area contributed by atoms with Gasteiger partial charge in [-0.05, 0) is 49.7 Å². The maximum absolute atomic E-state index is 13.4. The molecule has 8 nitrogen and oxygen atoms in total. The van der Waals surface area contributed by atoms with Crippen molar-refractivity contribution in [2.45, 2.75) is 19.9 Å². The Kier molecular flexibility index (Phi) is 5.71. The Morgan fingerprint density at radius 3 is 2.59 bits per heavy atom. The van der Waals surface area contributed by atoms with Gasteiger partial charge in [-0.3, -0.25) is 4.79 Å². The van der Waals surface area contributed by atoms with E-state index in [1.54, 1.807) is 7.11 Å². The van der Waals surface area contributed by atoms with Crippen LogP contribution in [-0.2, 0) is 0 Å². The van der Waals surface area contributed by atoms with Crippen molar-refractivity contribution in [3.63, 3.8) is 0 Å². The fraction of sp³-hybridized carbons (Fsp3) is 0.241. The lowest BCUT2D eigenvalue weighted by atomic mass is 10.1. The topological polar surface area (TPSA) is 75.9 Å². The SMILES string of the molecule is COc1cccc(-c2nnc3c4ccccc4nc(N4CCN(C(=O)c5ccccc5C)C(C)C4)n23)c1. The van der Waals surface area contributed by atoms with E-state index in [0.29, 0.717) is 25.5 Å². The van der Waals surface area contributed by atoms with E-state index in [2.05, 4.69) is 22.0 Å². The highest BCUT2D eigenvalue weighted by molar-refractivity contribution is 5.96. The van der Waals surface area contributed by atoms with Crippen molar-refractivity contribution >= 4 is 28.4 Å². The lowest BCUT2D eigenvalue weighted by Crippen LogP contribution is -2.54. The molecule has 1 atom stereocenters. The molecule has 1 aliphatic heterocycles. The first-order valence-electron chi connectivity index (χ1n) is 12.4. The van der Waals surface area contributed by atoms with Gasteiger partial charge in [-0.25, -0.2) is 9.38 Å². The summed E-state index contributed by atoms with van der Waals surface area (Å²) in [6.07, 6.45) is 0. The number of rotatable bonds is 4. The first-order valence-corrected chi connectivity index (χ1v) is 12.4. The second-order valence-electron chi connectivity index (χ2n) is 9.45. The smallest absolute Gasteiger partial charge is 0.254 e. The zero-order valence-corrected chi connectivity index (χ0v) is 21.1. The van der Waals surface area contributed by atoms with Crippen LogP contribution in [0.3, 0.4) is 0 Å². The number of carbonyl (C=O) groups excluding carboxylic acids is 1. The standard InChI is InChI=1S/C29H28N6O2/c1-19-9-4-5-12-23(19)28(36)34-16-15-33(18-20(34)2)29-30-25-14-7-6-13-24(25)27-32-31-26(35(27)29)21-10-8-11-22(17-21)37-3/h4-14,17,20H,15-16,18H2,1-3H3. The van der Waals surface area contributed by atoms with E-state index in [1.165, 1.54) is 0 Å². The lowest BCUT2D eigenvalue weighted by molar-refractivity contribution is 0.0672. The molecule has 0 spiro atoms. The van der Waals surface area contributed by atoms with Crippen LogP contribution in [-0.4, -0.2) is 63.2 Å². The summed E-state index contributed by atoms with van der Waals surface area (Å²) in [5, 5.41) is 10.1. The van der Waals surface area contributed by atoms with E-state index in [9.17, 15) is 4.79 Å². The van der Waals surface area contributed by atoms with Crippen molar-refractivity contribution in [1.29, 1.82) is 0 Å². The van der Waals surface area contributed by atoms with Gasteiger partial charge in [-0.1, -0.05) is 42.5 Å². The summed E-state index contributed by atoms with van der Waals surface area (Å²) in [6, 6.07) is 23.6. The number of piperazine rings is 1. The minimum atomic E-state index is 0.000858.